The molecule has 0 bridgehead atoms. The Hall–Kier alpha value is -0.790. The predicted octanol–water partition coefficient (Wildman–Crippen LogP) is 13.1. The van der Waals surface area contributed by atoms with Crippen LogP contribution in [0, 0.1) is 5.92 Å². The van der Waals surface area contributed by atoms with Crippen LogP contribution in [0.4, 0.5) is 0 Å². The Bertz CT molecular complexity index is 496. The summed E-state index contributed by atoms with van der Waals surface area (Å²) in [4.78, 5) is 11.9. The molecule has 0 unspecified atom stereocenters. The molecule has 232 valence electrons. The molecule has 0 amide bonds. The van der Waals surface area contributed by atoms with Crippen LogP contribution in [-0.2, 0) is 9.53 Å². The van der Waals surface area contributed by atoms with Crippen molar-refractivity contribution in [2.45, 2.75) is 207 Å². The van der Waals surface area contributed by atoms with Gasteiger partial charge < -0.3 is 4.74 Å². The van der Waals surface area contributed by atoms with Crippen molar-refractivity contribution in [2.24, 2.45) is 5.92 Å². The Kier molecular flexibility index (Phi) is 32.7. The van der Waals surface area contributed by atoms with E-state index in [1.807, 2.05) is 0 Å². The van der Waals surface area contributed by atoms with Gasteiger partial charge >= 0.3 is 5.97 Å². The second-order valence-corrected chi connectivity index (χ2v) is 12.7. The summed E-state index contributed by atoms with van der Waals surface area (Å²) >= 11 is 0. The van der Waals surface area contributed by atoms with Crippen molar-refractivity contribution in [2.75, 3.05) is 6.61 Å². The van der Waals surface area contributed by atoms with Gasteiger partial charge in [0.25, 0.3) is 0 Å². The summed E-state index contributed by atoms with van der Waals surface area (Å²) in [6.07, 6.45) is 42.8. The van der Waals surface area contributed by atoms with E-state index in [0.717, 1.165) is 25.2 Å². The van der Waals surface area contributed by atoms with E-state index < -0.39 is 0 Å². The number of carbonyl (C=O) groups excluding carboxylic acids is 1. The van der Waals surface area contributed by atoms with E-state index in [1.54, 1.807) is 0 Å². The molecule has 2 nitrogen and oxygen atoms in total. The first-order valence-electron chi connectivity index (χ1n) is 18.0. The van der Waals surface area contributed by atoms with Gasteiger partial charge in [0.2, 0.25) is 0 Å². The van der Waals surface area contributed by atoms with Crippen molar-refractivity contribution in [3.63, 3.8) is 0 Å². The number of hydrogen-bond acceptors (Lipinski definition) is 2. The smallest absolute Gasteiger partial charge is 0.305 e. The third-order valence-corrected chi connectivity index (χ3v) is 8.08. The Labute approximate surface area is 246 Å². The van der Waals surface area contributed by atoms with Crippen LogP contribution >= 0.6 is 0 Å². The zero-order chi connectivity index (χ0) is 28.5. The van der Waals surface area contributed by atoms with Crippen molar-refractivity contribution >= 4 is 5.97 Å². The highest BCUT2D eigenvalue weighted by Gasteiger charge is 2.02. The van der Waals surface area contributed by atoms with Gasteiger partial charge in [-0.25, -0.2) is 0 Å². The molecule has 0 aromatic carbocycles. The van der Waals surface area contributed by atoms with Gasteiger partial charge in [-0.15, -0.1) is 0 Å². The quantitative estimate of drug-likeness (QED) is 0.0474. The van der Waals surface area contributed by atoms with Crippen LogP contribution in [0.15, 0.2) is 12.2 Å². The van der Waals surface area contributed by atoms with E-state index in [9.17, 15) is 4.79 Å². The topological polar surface area (TPSA) is 26.3 Å². The average molecular weight is 549 g/mol. The molecule has 0 heterocycles. The zero-order valence-corrected chi connectivity index (χ0v) is 27.3. The number of esters is 1. The molecule has 0 aliphatic heterocycles. The third kappa shape index (κ3) is 35.2. The highest BCUT2D eigenvalue weighted by Crippen LogP contribution is 2.15. The molecule has 0 spiro atoms. The molecular formula is C37H72O2. The van der Waals surface area contributed by atoms with Gasteiger partial charge in [-0.05, 0) is 38.0 Å². The van der Waals surface area contributed by atoms with Crippen LogP contribution in [-0.4, -0.2) is 12.6 Å². The Morgan fingerprint density at radius 2 is 0.897 bits per heavy atom. The van der Waals surface area contributed by atoms with E-state index in [4.69, 9.17) is 4.74 Å². The van der Waals surface area contributed by atoms with Crippen LogP contribution in [0.1, 0.15) is 207 Å². The van der Waals surface area contributed by atoms with Crippen molar-refractivity contribution < 1.29 is 9.53 Å². The maximum atomic E-state index is 11.9. The summed E-state index contributed by atoms with van der Waals surface area (Å²) in [6.45, 7) is 7.54. The van der Waals surface area contributed by atoms with Crippen molar-refractivity contribution in [3.8, 4) is 0 Å². The summed E-state index contributed by atoms with van der Waals surface area (Å²) in [5, 5.41) is 0. The van der Waals surface area contributed by atoms with E-state index in [1.165, 1.54) is 161 Å². The molecule has 0 aliphatic rings. The van der Waals surface area contributed by atoms with E-state index >= 15 is 0 Å². The first-order valence-corrected chi connectivity index (χ1v) is 18.0. The maximum absolute atomic E-state index is 11.9. The standard InChI is InChI=1S/C37H72O2/c1-4-5-6-7-8-9-18-22-25-28-31-34-37(38)39-35-32-29-26-23-20-17-15-13-11-10-12-14-16-19-21-24-27-30-33-36(2)3/h7-8,36H,4-6,9-35H2,1-3H3/b8-7-. The number of carbonyl (C=O) groups is 1. The molecule has 0 fully saturated rings. The SMILES string of the molecule is CCCC/C=C\CCCCCCCC(=O)OCCCCCCCCCCCCCCCCCCCCC(C)C. The van der Waals surface area contributed by atoms with E-state index in [-0.39, 0.29) is 5.97 Å². The van der Waals surface area contributed by atoms with Gasteiger partial charge in [-0.2, -0.15) is 0 Å². The summed E-state index contributed by atoms with van der Waals surface area (Å²) in [5.41, 5.74) is 0. The molecule has 0 saturated heterocycles. The molecule has 0 atom stereocenters. The molecule has 0 aliphatic carbocycles. The summed E-state index contributed by atoms with van der Waals surface area (Å²) in [7, 11) is 0. The molecule has 0 radical (unpaired) electrons. The number of ether oxygens (including phenoxy) is 1. The van der Waals surface area contributed by atoms with Crippen LogP contribution in [0.5, 0.6) is 0 Å². The highest BCUT2D eigenvalue weighted by molar-refractivity contribution is 5.69. The van der Waals surface area contributed by atoms with Gasteiger partial charge in [0, 0.05) is 6.42 Å². The minimum Gasteiger partial charge on any atom is -0.466 e. The van der Waals surface area contributed by atoms with E-state index in [2.05, 4.69) is 32.9 Å². The Morgan fingerprint density at radius 3 is 1.36 bits per heavy atom. The highest BCUT2D eigenvalue weighted by atomic mass is 16.5. The van der Waals surface area contributed by atoms with Crippen molar-refractivity contribution in [3.05, 3.63) is 12.2 Å². The predicted molar refractivity (Wildman–Crippen MR) is 175 cm³/mol. The lowest BCUT2D eigenvalue weighted by molar-refractivity contribution is -0.143. The van der Waals surface area contributed by atoms with Gasteiger partial charge in [0.15, 0.2) is 0 Å². The molecule has 0 N–H and O–H groups in total. The number of allylic oxidation sites excluding steroid dienone is 2. The lowest BCUT2D eigenvalue weighted by Crippen LogP contribution is -2.05. The number of rotatable bonds is 32. The molecule has 0 rings (SSSR count). The summed E-state index contributed by atoms with van der Waals surface area (Å²) in [6, 6.07) is 0. The number of unbranched alkanes of at least 4 members (excludes halogenated alkanes) is 24. The van der Waals surface area contributed by atoms with E-state index in [0.29, 0.717) is 13.0 Å². The van der Waals surface area contributed by atoms with Gasteiger partial charge in [0.1, 0.15) is 0 Å². The van der Waals surface area contributed by atoms with Crippen LogP contribution < -0.4 is 0 Å². The third-order valence-electron chi connectivity index (χ3n) is 8.08. The minimum absolute atomic E-state index is 0.0152. The van der Waals surface area contributed by atoms with Crippen molar-refractivity contribution in [1.29, 1.82) is 0 Å². The normalized spacial score (nSPS) is 11.7. The monoisotopic (exact) mass is 549 g/mol. The number of hydrogen-bond donors (Lipinski definition) is 0. The van der Waals surface area contributed by atoms with Crippen LogP contribution in [0.2, 0.25) is 0 Å². The summed E-state index contributed by atoms with van der Waals surface area (Å²) < 4.78 is 5.43. The van der Waals surface area contributed by atoms with Gasteiger partial charge in [-0.3, -0.25) is 4.79 Å². The molecule has 0 aromatic rings. The fourth-order valence-corrected chi connectivity index (χ4v) is 5.36. The summed E-state index contributed by atoms with van der Waals surface area (Å²) in [5.74, 6) is 0.897. The second kappa shape index (κ2) is 33.4. The molecule has 39 heavy (non-hydrogen) atoms. The largest absolute Gasteiger partial charge is 0.466 e. The lowest BCUT2D eigenvalue weighted by Gasteiger charge is -2.06. The van der Waals surface area contributed by atoms with Gasteiger partial charge in [-0.1, -0.05) is 181 Å². The van der Waals surface area contributed by atoms with Crippen molar-refractivity contribution in [1.82, 2.24) is 0 Å². The minimum atomic E-state index is 0.0152. The molecular weight excluding hydrogens is 476 g/mol. The Morgan fingerprint density at radius 1 is 0.513 bits per heavy atom. The molecule has 2 heteroatoms. The second-order valence-electron chi connectivity index (χ2n) is 12.7. The van der Waals surface area contributed by atoms with Crippen LogP contribution in [0.3, 0.4) is 0 Å². The first kappa shape index (κ1) is 38.2. The lowest BCUT2D eigenvalue weighted by atomic mass is 10.0. The fourth-order valence-electron chi connectivity index (χ4n) is 5.36. The molecule has 0 saturated carbocycles. The van der Waals surface area contributed by atoms with Gasteiger partial charge in [0.05, 0.1) is 6.61 Å². The zero-order valence-electron chi connectivity index (χ0n) is 27.3. The van der Waals surface area contributed by atoms with Crippen LogP contribution in [0.25, 0.3) is 0 Å². The maximum Gasteiger partial charge on any atom is 0.305 e. The fraction of sp³-hybridized carbons (Fsp3) is 0.919. The molecule has 0 aromatic heterocycles. The first-order chi connectivity index (χ1) is 19.2. The average Bonchev–Trinajstić information content (AvgIpc) is 2.92. The Balaban J connectivity index is 3.16.